The van der Waals surface area contributed by atoms with E-state index in [9.17, 15) is 9.18 Å². The van der Waals surface area contributed by atoms with Gasteiger partial charge in [-0.3, -0.25) is 9.78 Å². The van der Waals surface area contributed by atoms with Gasteiger partial charge in [-0.05, 0) is 36.8 Å². The highest BCUT2D eigenvalue weighted by Gasteiger charge is 2.24. The number of anilines is 1. The number of imidazole rings is 1. The third-order valence-corrected chi connectivity index (χ3v) is 5.33. The van der Waals surface area contributed by atoms with Crippen molar-refractivity contribution in [2.24, 2.45) is 0 Å². The van der Waals surface area contributed by atoms with Gasteiger partial charge in [-0.1, -0.05) is 0 Å². The highest BCUT2D eigenvalue weighted by Crippen LogP contribution is 2.23. The van der Waals surface area contributed by atoms with Crippen LogP contribution in [0.1, 0.15) is 16.9 Å². The second-order valence-corrected chi connectivity index (χ2v) is 7.32. The highest BCUT2D eigenvalue weighted by atomic mass is 19.1. The van der Waals surface area contributed by atoms with E-state index in [0.717, 1.165) is 18.5 Å². The van der Waals surface area contributed by atoms with Gasteiger partial charge in [0.25, 0.3) is 5.91 Å². The van der Waals surface area contributed by atoms with E-state index in [0.29, 0.717) is 42.6 Å². The van der Waals surface area contributed by atoms with Crippen LogP contribution in [-0.2, 0) is 0 Å². The number of hydrogen-bond acceptors (Lipinski definition) is 6. The normalized spacial score (nSPS) is 14.6. The minimum atomic E-state index is -0.314. The van der Waals surface area contributed by atoms with Crippen LogP contribution in [0.3, 0.4) is 0 Å². The van der Waals surface area contributed by atoms with Crippen molar-refractivity contribution in [3.63, 3.8) is 0 Å². The minimum Gasteiger partial charge on any atom is -0.339 e. The van der Waals surface area contributed by atoms with Crippen LogP contribution in [0.2, 0.25) is 0 Å². The van der Waals surface area contributed by atoms with Crippen molar-refractivity contribution in [3.8, 4) is 11.3 Å². The lowest BCUT2D eigenvalue weighted by Gasteiger charge is -2.21. The molecule has 0 aliphatic carbocycles. The maximum Gasteiger partial charge on any atom is 0.274 e. The van der Waals surface area contributed by atoms with Gasteiger partial charge in [-0.2, -0.15) is 0 Å². The Hall–Kier alpha value is -3.88. The van der Waals surface area contributed by atoms with Crippen LogP contribution in [0.4, 0.5) is 10.3 Å². The van der Waals surface area contributed by atoms with Crippen molar-refractivity contribution in [1.29, 1.82) is 0 Å². The molecule has 156 valence electrons. The fourth-order valence-corrected chi connectivity index (χ4v) is 3.77. The molecule has 0 unspecified atom stereocenters. The molecule has 4 heterocycles. The molecule has 0 saturated carbocycles. The number of carbonyl (C=O) groups is 1. The van der Waals surface area contributed by atoms with Crippen molar-refractivity contribution < 1.29 is 9.18 Å². The van der Waals surface area contributed by atoms with Crippen molar-refractivity contribution in [2.45, 2.75) is 6.42 Å². The molecule has 1 aliphatic rings. The summed E-state index contributed by atoms with van der Waals surface area (Å²) < 4.78 is 15.1. The predicted octanol–water partition coefficient (Wildman–Crippen LogP) is 2.68. The molecule has 0 atom stereocenters. The molecule has 0 radical (unpaired) electrons. The molecule has 31 heavy (non-hydrogen) atoms. The summed E-state index contributed by atoms with van der Waals surface area (Å²) in [4.78, 5) is 34.7. The van der Waals surface area contributed by atoms with Crippen molar-refractivity contribution in [1.82, 2.24) is 29.2 Å². The topological polar surface area (TPSA) is 79.5 Å². The second kappa shape index (κ2) is 8.10. The zero-order valence-electron chi connectivity index (χ0n) is 16.7. The molecule has 1 amide bonds. The van der Waals surface area contributed by atoms with Crippen LogP contribution in [0.15, 0.2) is 61.3 Å². The van der Waals surface area contributed by atoms with E-state index in [2.05, 4.69) is 24.8 Å². The highest BCUT2D eigenvalue weighted by molar-refractivity contribution is 5.93. The molecule has 1 fully saturated rings. The van der Waals surface area contributed by atoms with Crippen molar-refractivity contribution >= 4 is 17.5 Å². The quantitative estimate of drug-likeness (QED) is 0.510. The maximum absolute atomic E-state index is 13.3. The van der Waals surface area contributed by atoms with E-state index in [-0.39, 0.29) is 11.7 Å². The lowest BCUT2D eigenvalue weighted by molar-refractivity contribution is 0.0762. The number of carbonyl (C=O) groups excluding carboxylic acids is 1. The number of halogens is 1. The van der Waals surface area contributed by atoms with Gasteiger partial charge < -0.3 is 14.2 Å². The van der Waals surface area contributed by atoms with E-state index in [1.807, 2.05) is 4.90 Å². The SMILES string of the molecule is O=C(c1cn2ccnc(-c3ccc(F)cc3)c2n1)N1CCCN(c2ncccn2)CC1. The molecular weight excluding hydrogens is 397 g/mol. The van der Waals surface area contributed by atoms with Gasteiger partial charge in [0, 0.05) is 62.7 Å². The van der Waals surface area contributed by atoms with E-state index in [4.69, 9.17) is 0 Å². The van der Waals surface area contributed by atoms with Crippen LogP contribution < -0.4 is 4.90 Å². The smallest absolute Gasteiger partial charge is 0.274 e. The first-order chi connectivity index (χ1) is 15.2. The van der Waals surface area contributed by atoms with Crippen molar-refractivity contribution in [2.75, 3.05) is 31.1 Å². The van der Waals surface area contributed by atoms with Crippen LogP contribution in [0, 0.1) is 5.82 Å². The average molecular weight is 417 g/mol. The molecule has 9 heteroatoms. The Balaban J connectivity index is 1.39. The molecular formula is C22H20FN7O. The van der Waals surface area contributed by atoms with E-state index in [1.54, 1.807) is 53.6 Å². The number of aromatic nitrogens is 5. The minimum absolute atomic E-state index is 0.121. The summed E-state index contributed by atoms with van der Waals surface area (Å²) in [6, 6.07) is 7.87. The lowest BCUT2D eigenvalue weighted by atomic mass is 10.1. The number of amides is 1. The summed E-state index contributed by atoms with van der Waals surface area (Å²) in [5.41, 5.74) is 2.27. The Labute approximate surface area is 178 Å². The molecule has 4 aromatic rings. The fourth-order valence-electron chi connectivity index (χ4n) is 3.77. The van der Waals surface area contributed by atoms with Gasteiger partial charge in [0.05, 0.1) is 0 Å². The zero-order valence-corrected chi connectivity index (χ0v) is 16.7. The maximum atomic E-state index is 13.3. The first-order valence-electron chi connectivity index (χ1n) is 10.1. The molecule has 1 aromatic carbocycles. The molecule has 5 rings (SSSR count). The van der Waals surface area contributed by atoms with E-state index in [1.165, 1.54) is 12.1 Å². The lowest BCUT2D eigenvalue weighted by Crippen LogP contribution is -2.35. The number of hydrogen-bond donors (Lipinski definition) is 0. The molecule has 1 aliphatic heterocycles. The summed E-state index contributed by atoms with van der Waals surface area (Å²) in [5, 5.41) is 0. The summed E-state index contributed by atoms with van der Waals surface area (Å²) in [7, 11) is 0. The molecule has 0 spiro atoms. The fraction of sp³-hybridized carbons (Fsp3) is 0.227. The molecule has 0 N–H and O–H groups in total. The molecule has 0 bridgehead atoms. The van der Waals surface area contributed by atoms with Crippen molar-refractivity contribution in [3.05, 3.63) is 72.8 Å². The molecule has 3 aromatic heterocycles. The number of nitrogens with zero attached hydrogens (tertiary/aromatic N) is 7. The van der Waals surface area contributed by atoms with E-state index >= 15 is 0 Å². The van der Waals surface area contributed by atoms with Crippen LogP contribution in [0.5, 0.6) is 0 Å². The average Bonchev–Trinajstić information content (AvgIpc) is 3.10. The largest absolute Gasteiger partial charge is 0.339 e. The third kappa shape index (κ3) is 3.81. The first-order valence-corrected chi connectivity index (χ1v) is 10.1. The van der Waals surface area contributed by atoms with Gasteiger partial charge in [-0.25, -0.2) is 19.3 Å². The zero-order chi connectivity index (χ0) is 21.2. The number of rotatable bonds is 3. The Morgan fingerprint density at radius 2 is 1.74 bits per heavy atom. The Bertz CT molecular complexity index is 1210. The van der Waals surface area contributed by atoms with Crippen LogP contribution in [0.25, 0.3) is 16.9 Å². The monoisotopic (exact) mass is 417 g/mol. The first kappa shape index (κ1) is 19.1. The summed E-state index contributed by atoms with van der Waals surface area (Å²) >= 11 is 0. The number of benzene rings is 1. The molecule has 8 nitrogen and oxygen atoms in total. The van der Waals surface area contributed by atoms with Gasteiger partial charge in [0.1, 0.15) is 17.2 Å². The van der Waals surface area contributed by atoms with Crippen LogP contribution >= 0.6 is 0 Å². The van der Waals surface area contributed by atoms with Crippen LogP contribution in [-0.4, -0.2) is 61.3 Å². The Morgan fingerprint density at radius 1 is 0.935 bits per heavy atom. The van der Waals surface area contributed by atoms with Gasteiger partial charge in [-0.15, -0.1) is 0 Å². The third-order valence-electron chi connectivity index (χ3n) is 5.33. The van der Waals surface area contributed by atoms with E-state index < -0.39 is 0 Å². The molecule has 1 saturated heterocycles. The van der Waals surface area contributed by atoms with Gasteiger partial charge in [0.15, 0.2) is 5.65 Å². The van der Waals surface area contributed by atoms with Gasteiger partial charge in [0.2, 0.25) is 5.95 Å². The summed E-state index contributed by atoms with van der Waals surface area (Å²) in [6.07, 6.45) is 9.38. The predicted molar refractivity (Wildman–Crippen MR) is 113 cm³/mol. The van der Waals surface area contributed by atoms with Gasteiger partial charge >= 0.3 is 0 Å². The Morgan fingerprint density at radius 3 is 2.55 bits per heavy atom. The summed E-state index contributed by atoms with van der Waals surface area (Å²) in [5.74, 6) is 0.246. The summed E-state index contributed by atoms with van der Waals surface area (Å²) in [6.45, 7) is 2.65. The Kier molecular flexibility index (Phi) is 4.99. The second-order valence-electron chi connectivity index (χ2n) is 7.32. The number of fused-ring (bicyclic) bond motifs is 1. The standard InChI is InChI=1S/C22H20FN7O/c23-17-5-3-16(4-6-17)19-20-27-18(15-30(20)12-9-24-19)21(31)28-10-2-11-29(14-13-28)22-25-7-1-8-26-22/h1,3-9,12,15H,2,10-11,13-14H2.